The molecule has 0 heterocycles. The number of hydrogen-bond donors (Lipinski definition) is 1. The molecule has 0 bridgehead atoms. The quantitative estimate of drug-likeness (QED) is 0.477. The molecule has 3 heteroatoms. The fraction of sp³-hybridized carbons (Fsp3) is 0.700. The van der Waals surface area contributed by atoms with Crippen LogP contribution in [-0.4, -0.2) is 35.4 Å². The number of hydrogen-bond acceptors (Lipinski definition) is 3. The van der Waals surface area contributed by atoms with E-state index in [0.717, 1.165) is 29.6 Å². The molecule has 33 heavy (non-hydrogen) atoms. The van der Waals surface area contributed by atoms with E-state index in [0.29, 0.717) is 17.3 Å². The summed E-state index contributed by atoms with van der Waals surface area (Å²) >= 11 is 0. The molecule has 3 aliphatic carbocycles. The van der Waals surface area contributed by atoms with Crippen molar-refractivity contribution in [1.29, 1.82) is 0 Å². The predicted molar refractivity (Wildman–Crippen MR) is 139 cm³/mol. The average molecular weight is 454 g/mol. The first-order chi connectivity index (χ1) is 15.2. The van der Waals surface area contributed by atoms with Crippen molar-refractivity contribution >= 4 is 5.78 Å². The van der Waals surface area contributed by atoms with Crippen LogP contribution in [-0.2, 0) is 4.79 Å². The first-order valence-corrected chi connectivity index (χ1v) is 13.0. The zero-order chi connectivity index (χ0) is 24.8. The highest BCUT2D eigenvalue weighted by Gasteiger charge is 2.43. The molecule has 0 aromatic heterocycles. The Kier molecular flexibility index (Phi) is 7.26. The third-order valence-corrected chi connectivity index (χ3v) is 9.46. The average Bonchev–Trinajstić information content (AvgIpc) is 2.74. The highest BCUT2D eigenvalue weighted by Crippen LogP contribution is 2.54. The third-order valence-electron chi connectivity index (χ3n) is 9.46. The highest BCUT2D eigenvalue weighted by atomic mass is 16.3. The Morgan fingerprint density at radius 2 is 1.79 bits per heavy atom. The molecule has 4 atom stereocenters. The molecule has 0 saturated heterocycles. The predicted octanol–water partition coefficient (Wildman–Crippen LogP) is 7.56. The maximum absolute atomic E-state index is 12.6. The van der Waals surface area contributed by atoms with Crippen LogP contribution in [0.4, 0.5) is 0 Å². The van der Waals surface area contributed by atoms with E-state index < -0.39 is 0 Å². The zero-order valence-electron chi connectivity index (χ0n) is 22.6. The molecular formula is C30H47NO2. The minimum absolute atomic E-state index is 0.0943. The molecule has 3 aliphatic rings. The molecule has 0 aromatic rings. The Hall–Kier alpha value is -1.61. The fourth-order valence-electron chi connectivity index (χ4n) is 6.32. The van der Waals surface area contributed by atoms with Crippen LogP contribution in [0.1, 0.15) is 93.4 Å². The summed E-state index contributed by atoms with van der Waals surface area (Å²) in [4.78, 5) is 14.9. The molecule has 184 valence electrons. The van der Waals surface area contributed by atoms with Crippen LogP contribution >= 0.6 is 0 Å². The number of carbonyl (C=O) groups excluding carboxylic acids is 1. The van der Waals surface area contributed by atoms with Crippen LogP contribution in [0.5, 0.6) is 0 Å². The molecule has 0 amide bonds. The van der Waals surface area contributed by atoms with Gasteiger partial charge in [-0.25, -0.2) is 0 Å². The van der Waals surface area contributed by atoms with Crippen molar-refractivity contribution in [1.82, 2.24) is 4.90 Å². The molecule has 0 unspecified atom stereocenters. The van der Waals surface area contributed by atoms with Crippen molar-refractivity contribution < 1.29 is 9.90 Å². The molecule has 3 nitrogen and oxygen atoms in total. The van der Waals surface area contributed by atoms with E-state index in [1.165, 1.54) is 37.7 Å². The summed E-state index contributed by atoms with van der Waals surface area (Å²) in [6, 6.07) is 0. The number of ketones is 1. The normalized spacial score (nSPS) is 33.8. The largest absolute Gasteiger partial charge is 0.504 e. The van der Waals surface area contributed by atoms with Gasteiger partial charge in [0.15, 0.2) is 5.76 Å². The summed E-state index contributed by atoms with van der Waals surface area (Å²) in [5.74, 6) is 0.778. The Labute approximate surface area is 202 Å². The second-order valence-corrected chi connectivity index (χ2v) is 12.7. The number of rotatable bonds is 4. The maximum Gasteiger partial charge on any atom is 0.220 e. The van der Waals surface area contributed by atoms with Crippen molar-refractivity contribution in [3.8, 4) is 0 Å². The molecule has 0 spiro atoms. The molecule has 0 aliphatic heterocycles. The van der Waals surface area contributed by atoms with Gasteiger partial charge in [-0.05, 0) is 114 Å². The minimum Gasteiger partial charge on any atom is -0.504 e. The van der Waals surface area contributed by atoms with Gasteiger partial charge < -0.3 is 10.0 Å². The zero-order valence-corrected chi connectivity index (χ0v) is 22.6. The Bertz CT molecular complexity index is 916. The number of carbonyl (C=O) groups is 1. The van der Waals surface area contributed by atoms with Gasteiger partial charge in [0.1, 0.15) is 0 Å². The van der Waals surface area contributed by atoms with Gasteiger partial charge in [0, 0.05) is 16.5 Å². The van der Waals surface area contributed by atoms with Crippen molar-refractivity contribution in [2.24, 2.45) is 22.7 Å². The van der Waals surface area contributed by atoms with Gasteiger partial charge in [-0.15, -0.1) is 0 Å². The minimum atomic E-state index is -0.240. The summed E-state index contributed by atoms with van der Waals surface area (Å²) < 4.78 is 0. The standard InChI is InChI=1S/C30H47NO2/c1-20-12-15-30(7)24(11-10-23-22(3)27(33)26(32)18-25(23)30)21(2)13-14-29(6,19-20)17-16-28(4,5)31(8)9/h10-11,18,20-21,33H,12-17,19H2,1-9H3/t20-,21+,29+,30-/m1/s1. The van der Waals surface area contributed by atoms with E-state index in [1.54, 1.807) is 6.08 Å². The number of nitrogens with zero attached hydrogens (tertiary/aromatic N) is 1. The van der Waals surface area contributed by atoms with Crippen LogP contribution in [0, 0.1) is 22.7 Å². The first kappa shape index (κ1) is 26.0. The summed E-state index contributed by atoms with van der Waals surface area (Å²) in [5, 5.41) is 10.3. The van der Waals surface area contributed by atoms with E-state index in [2.05, 4.69) is 72.7 Å². The van der Waals surface area contributed by atoms with Crippen LogP contribution < -0.4 is 0 Å². The Balaban J connectivity index is 1.91. The lowest BCUT2D eigenvalue weighted by molar-refractivity contribution is -0.113. The lowest BCUT2D eigenvalue weighted by Crippen LogP contribution is -2.39. The molecule has 1 saturated carbocycles. The number of aliphatic hydroxyl groups is 1. The Morgan fingerprint density at radius 1 is 1.12 bits per heavy atom. The summed E-state index contributed by atoms with van der Waals surface area (Å²) in [5.41, 5.74) is 4.79. The lowest BCUT2D eigenvalue weighted by atomic mass is 9.59. The summed E-state index contributed by atoms with van der Waals surface area (Å²) in [6.07, 6.45) is 14.5. The lowest BCUT2D eigenvalue weighted by Gasteiger charge is -2.45. The molecule has 0 aromatic carbocycles. The van der Waals surface area contributed by atoms with Crippen LogP contribution in [0.2, 0.25) is 0 Å². The maximum atomic E-state index is 12.6. The van der Waals surface area contributed by atoms with Crippen molar-refractivity contribution in [2.75, 3.05) is 14.1 Å². The van der Waals surface area contributed by atoms with Gasteiger partial charge >= 0.3 is 0 Å². The second kappa shape index (κ2) is 9.21. The van der Waals surface area contributed by atoms with Crippen LogP contribution in [0.25, 0.3) is 0 Å². The SMILES string of the molecule is CC1=C(O)C(=O)C=C2C1=CC=C1[C@@H](C)CC[C@@](C)(CCC(C)(C)N(C)C)C[C@H](C)CC[C@@]21C. The van der Waals surface area contributed by atoms with E-state index in [-0.39, 0.29) is 22.5 Å². The van der Waals surface area contributed by atoms with Crippen molar-refractivity contribution in [3.63, 3.8) is 0 Å². The van der Waals surface area contributed by atoms with Gasteiger partial charge in [0.2, 0.25) is 5.78 Å². The van der Waals surface area contributed by atoms with Gasteiger partial charge in [-0.1, -0.05) is 45.4 Å². The summed E-state index contributed by atoms with van der Waals surface area (Å²) in [6.45, 7) is 16.3. The smallest absolute Gasteiger partial charge is 0.220 e. The van der Waals surface area contributed by atoms with Crippen molar-refractivity contribution in [3.05, 3.63) is 46.3 Å². The van der Waals surface area contributed by atoms with E-state index in [9.17, 15) is 9.90 Å². The number of fused-ring (bicyclic) bond motifs is 3. The Morgan fingerprint density at radius 3 is 2.42 bits per heavy atom. The molecule has 1 N–H and O–H groups in total. The fourth-order valence-corrected chi connectivity index (χ4v) is 6.32. The van der Waals surface area contributed by atoms with Gasteiger partial charge in [-0.2, -0.15) is 0 Å². The van der Waals surface area contributed by atoms with Gasteiger partial charge in [0.05, 0.1) is 0 Å². The van der Waals surface area contributed by atoms with E-state index in [4.69, 9.17) is 0 Å². The van der Waals surface area contributed by atoms with Crippen molar-refractivity contribution in [2.45, 2.75) is 99.0 Å². The van der Waals surface area contributed by atoms with Crippen LogP contribution in [0.15, 0.2) is 46.3 Å². The van der Waals surface area contributed by atoms with Gasteiger partial charge in [-0.3, -0.25) is 4.79 Å². The van der Waals surface area contributed by atoms with Crippen LogP contribution in [0.3, 0.4) is 0 Å². The van der Waals surface area contributed by atoms with Gasteiger partial charge in [0.25, 0.3) is 0 Å². The monoisotopic (exact) mass is 453 g/mol. The second-order valence-electron chi connectivity index (χ2n) is 12.7. The summed E-state index contributed by atoms with van der Waals surface area (Å²) in [7, 11) is 4.39. The highest BCUT2D eigenvalue weighted by molar-refractivity contribution is 6.06. The topological polar surface area (TPSA) is 40.5 Å². The first-order valence-electron chi connectivity index (χ1n) is 13.0. The van der Waals surface area contributed by atoms with E-state index >= 15 is 0 Å². The van der Waals surface area contributed by atoms with E-state index in [1.807, 2.05) is 6.92 Å². The number of allylic oxidation sites excluding steroid dienone is 7. The molecule has 0 radical (unpaired) electrons. The molecular weight excluding hydrogens is 406 g/mol. The number of aliphatic hydroxyl groups excluding tert-OH is 1. The third kappa shape index (κ3) is 5.09. The molecule has 3 rings (SSSR count). The molecule has 1 fully saturated rings.